The van der Waals surface area contributed by atoms with E-state index >= 15 is 0 Å². The SMILES string of the molecule is CSC1CCC(Nc2cc(C(=O)O)c([N+](=O)[O-])cn2)C1. The summed E-state index contributed by atoms with van der Waals surface area (Å²) in [5, 5.41) is 23.5. The van der Waals surface area contributed by atoms with Crippen LogP contribution in [0, 0.1) is 10.1 Å². The number of carboxylic acids is 1. The minimum Gasteiger partial charge on any atom is -0.477 e. The predicted molar refractivity (Wildman–Crippen MR) is 76.4 cm³/mol. The number of hydrogen-bond donors (Lipinski definition) is 2. The van der Waals surface area contributed by atoms with Crippen molar-refractivity contribution in [2.75, 3.05) is 11.6 Å². The summed E-state index contributed by atoms with van der Waals surface area (Å²) in [5.74, 6) is -0.949. The molecule has 2 unspecified atom stereocenters. The molecule has 8 heteroatoms. The maximum absolute atomic E-state index is 11.1. The maximum atomic E-state index is 11.1. The fourth-order valence-corrected chi connectivity index (χ4v) is 3.13. The second kappa shape index (κ2) is 6.08. The van der Waals surface area contributed by atoms with E-state index in [4.69, 9.17) is 5.11 Å². The van der Waals surface area contributed by atoms with Crippen LogP contribution in [0.15, 0.2) is 12.3 Å². The third kappa shape index (κ3) is 3.19. The van der Waals surface area contributed by atoms with Gasteiger partial charge in [0.05, 0.1) is 4.92 Å². The number of aromatic carboxylic acids is 1. The Kier molecular flexibility index (Phi) is 4.43. The number of aromatic nitrogens is 1. The average molecular weight is 297 g/mol. The first-order valence-corrected chi connectivity index (χ1v) is 7.47. The largest absolute Gasteiger partial charge is 0.477 e. The Labute approximate surface area is 119 Å². The summed E-state index contributed by atoms with van der Waals surface area (Å²) >= 11 is 1.82. The molecule has 1 fully saturated rings. The zero-order chi connectivity index (χ0) is 14.7. The fraction of sp³-hybridized carbons (Fsp3) is 0.500. The summed E-state index contributed by atoms with van der Waals surface area (Å²) in [6, 6.07) is 1.47. The predicted octanol–water partition coefficient (Wildman–Crippen LogP) is 2.38. The van der Waals surface area contributed by atoms with E-state index in [2.05, 4.69) is 16.6 Å². The number of thioether (sulfide) groups is 1. The Balaban J connectivity index is 2.15. The number of rotatable bonds is 5. The van der Waals surface area contributed by atoms with E-state index in [0.717, 1.165) is 25.5 Å². The standard InChI is InChI=1S/C12H15N3O4S/c1-20-8-3-2-7(4-8)14-11-5-9(12(16)17)10(6-13-11)15(18)19/h5-8H,2-4H2,1H3,(H,13,14)(H,16,17). The highest BCUT2D eigenvalue weighted by Gasteiger charge is 2.26. The van der Waals surface area contributed by atoms with Gasteiger partial charge in [-0.15, -0.1) is 0 Å². The first-order valence-electron chi connectivity index (χ1n) is 6.18. The van der Waals surface area contributed by atoms with E-state index in [1.807, 2.05) is 11.8 Å². The first-order chi connectivity index (χ1) is 9.51. The van der Waals surface area contributed by atoms with Crippen molar-refractivity contribution >= 4 is 29.2 Å². The van der Waals surface area contributed by atoms with Crippen molar-refractivity contribution in [3.05, 3.63) is 27.9 Å². The molecule has 1 aromatic heterocycles. The third-order valence-corrected chi connectivity index (χ3v) is 4.47. The number of carbonyl (C=O) groups is 1. The molecule has 2 N–H and O–H groups in total. The van der Waals surface area contributed by atoms with Crippen molar-refractivity contribution in [1.29, 1.82) is 0 Å². The molecule has 0 saturated heterocycles. The number of nitrogens with one attached hydrogen (secondary N) is 1. The molecular formula is C12H15N3O4S. The minimum absolute atomic E-state index is 0.239. The number of carboxylic acid groups (broad SMARTS) is 1. The lowest BCUT2D eigenvalue weighted by atomic mass is 10.2. The van der Waals surface area contributed by atoms with Crippen molar-refractivity contribution in [1.82, 2.24) is 4.98 Å². The van der Waals surface area contributed by atoms with Crippen molar-refractivity contribution in [2.24, 2.45) is 0 Å². The quantitative estimate of drug-likeness (QED) is 0.635. The van der Waals surface area contributed by atoms with E-state index in [0.29, 0.717) is 11.1 Å². The van der Waals surface area contributed by atoms with Crippen LogP contribution in [0.4, 0.5) is 11.5 Å². The van der Waals surface area contributed by atoms with Crippen LogP contribution in [-0.4, -0.2) is 38.5 Å². The van der Waals surface area contributed by atoms with Crippen molar-refractivity contribution in [3.8, 4) is 0 Å². The number of anilines is 1. The lowest BCUT2D eigenvalue weighted by molar-refractivity contribution is -0.385. The van der Waals surface area contributed by atoms with Gasteiger partial charge in [-0.05, 0) is 25.5 Å². The van der Waals surface area contributed by atoms with Crippen LogP contribution in [-0.2, 0) is 0 Å². The minimum atomic E-state index is -1.32. The van der Waals surface area contributed by atoms with Crippen LogP contribution in [0.3, 0.4) is 0 Å². The Morgan fingerprint density at radius 3 is 2.90 bits per heavy atom. The second-order valence-electron chi connectivity index (χ2n) is 4.66. The van der Waals surface area contributed by atoms with E-state index in [-0.39, 0.29) is 11.6 Å². The first kappa shape index (κ1) is 14.6. The van der Waals surface area contributed by atoms with Crippen molar-refractivity contribution < 1.29 is 14.8 Å². The molecule has 7 nitrogen and oxygen atoms in total. The van der Waals surface area contributed by atoms with Crippen LogP contribution in [0.25, 0.3) is 0 Å². The van der Waals surface area contributed by atoms with Gasteiger partial charge in [0.15, 0.2) is 0 Å². The van der Waals surface area contributed by atoms with Gasteiger partial charge < -0.3 is 10.4 Å². The highest BCUT2D eigenvalue weighted by Crippen LogP contribution is 2.30. The van der Waals surface area contributed by atoms with Gasteiger partial charge in [0.1, 0.15) is 17.6 Å². The summed E-state index contributed by atoms with van der Waals surface area (Å²) < 4.78 is 0. The smallest absolute Gasteiger partial charge is 0.342 e. The Bertz CT molecular complexity index is 537. The van der Waals surface area contributed by atoms with Crippen LogP contribution in [0.5, 0.6) is 0 Å². The van der Waals surface area contributed by atoms with Gasteiger partial charge in [0.25, 0.3) is 0 Å². The summed E-state index contributed by atoms with van der Waals surface area (Å²) in [5.41, 5.74) is -0.830. The second-order valence-corrected chi connectivity index (χ2v) is 5.80. The molecule has 1 aromatic rings. The highest BCUT2D eigenvalue weighted by molar-refractivity contribution is 7.99. The zero-order valence-corrected chi connectivity index (χ0v) is 11.7. The van der Waals surface area contributed by atoms with Gasteiger partial charge in [-0.2, -0.15) is 11.8 Å². The molecule has 1 saturated carbocycles. The average Bonchev–Trinajstić information content (AvgIpc) is 2.86. The summed E-state index contributed by atoms with van der Waals surface area (Å²) in [6.45, 7) is 0. The van der Waals surface area contributed by atoms with Crippen molar-refractivity contribution in [2.45, 2.75) is 30.6 Å². The summed E-state index contributed by atoms with van der Waals surface area (Å²) in [4.78, 5) is 25.0. The lowest BCUT2D eigenvalue weighted by Gasteiger charge is -2.13. The number of pyridine rings is 1. The number of nitrogens with zero attached hydrogens (tertiary/aromatic N) is 2. The molecule has 2 atom stereocenters. The molecule has 0 aliphatic heterocycles. The Morgan fingerprint density at radius 1 is 1.60 bits per heavy atom. The highest BCUT2D eigenvalue weighted by atomic mass is 32.2. The van der Waals surface area contributed by atoms with E-state index in [1.54, 1.807) is 0 Å². The normalized spacial score (nSPS) is 21.6. The fourth-order valence-electron chi connectivity index (χ4n) is 2.34. The molecule has 20 heavy (non-hydrogen) atoms. The van der Waals surface area contributed by atoms with Crippen LogP contribution < -0.4 is 5.32 Å². The number of hydrogen-bond acceptors (Lipinski definition) is 6. The van der Waals surface area contributed by atoms with Gasteiger partial charge in [-0.25, -0.2) is 9.78 Å². The molecule has 108 valence electrons. The van der Waals surface area contributed by atoms with E-state index in [9.17, 15) is 14.9 Å². The molecule has 0 aromatic carbocycles. The van der Waals surface area contributed by atoms with E-state index in [1.165, 1.54) is 6.07 Å². The van der Waals surface area contributed by atoms with Gasteiger partial charge in [0, 0.05) is 17.4 Å². The molecule has 0 radical (unpaired) electrons. The van der Waals surface area contributed by atoms with E-state index < -0.39 is 16.6 Å². The molecule has 1 heterocycles. The monoisotopic (exact) mass is 297 g/mol. The molecular weight excluding hydrogens is 282 g/mol. The molecule has 0 spiro atoms. The van der Waals surface area contributed by atoms with Gasteiger partial charge in [-0.3, -0.25) is 10.1 Å². The summed E-state index contributed by atoms with van der Waals surface area (Å²) in [6.07, 6.45) is 6.15. The van der Waals surface area contributed by atoms with Crippen LogP contribution in [0.1, 0.15) is 29.6 Å². The topological polar surface area (TPSA) is 105 Å². The Hall–Kier alpha value is -1.83. The third-order valence-electron chi connectivity index (χ3n) is 3.38. The van der Waals surface area contributed by atoms with Gasteiger partial charge in [-0.1, -0.05) is 0 Å². The molecule has 0 amide bonds. The Morgan fingerprint density at radius 2 is 2.35 bits per heavy atom. The molecule has 1 aliphatic rings. The lowest BCUT2D eigenvalue weighted by Crippen LogP contribution is -2.17. The van der Waals surface area contributed by atoms with Crippen LogP contribution in [0.2, 0.25) is 0 Å². The van der Waals surface area contributed by atoms with Gasteiger partial charge >= 0.3 is 11.7 Å². The molecule has 2 rings (SSSR count). The molecule has 0 bridgehead atoms. The maximum Gasteiger partial charge on any atom is 0.342 e. The van der Waals surface area contributed by atoms with Crippen LogP contribution >= 0.6 is 11.8 Å². The van der Waals surface area contributed by atoms with Gasteiger partial charge in [0.2, 0.25) is 0 Å². The number of nitro groups is 1. The van der Waals surface area contributed by atoms with Crippen molar-refractivity contribution in [3.63, 3.8) is 0 Å². The molecule has 1 aliphatic carbocycles. The zero-order valence-electron chi connectivity index (χ0n) is 10.9. The summed E-state index contributed by atoms with van der Waals surface area (Å²) in [7, 11) is 0.